The Morgan fingerprint density at radius 1 is 1.17 bits per heavy atom. The van der Waals surface area contributed by atoms with Gasteiger partial charge in [0.15, 0.2) is 0 Å². The van der Waals surface area contributed by atoms with Crippen molar-refractivity contribution in [2.24, 2.45) is 4.99 Å². The van der Waals surface area contributed by atoms with Crippen LogP contribution < -0.4 is 4.74 Å². The first kappa shape index (κ1) is 17.5. The smallest absolute Gasteiger partial charge is 0.131 e. The van der Waals surface area contributed by atoms with E-state index in [1.165, 1.54) is 12.1 Å². The lowest BCUT2D eigenvalue weighted by Crippen LogP contribution is -2.14. The van der Waals surface area contributed by atoms with Gasteiger partial charge < -0.3 is 9.64 Å². The number of hydrogen-bond donors (Lipinski definition) is 0. The molecule has 0 aliphatic rings. The molecule has 0 unspecified atom stereocenters. The Morgan fingerprint density at radius 3 is 2.57 bits per heavy atom. The van der Waals surface area contributed by atoms with Crippen LogP contribution in [0.25, 0.3) is 0 Å². The summed E-state index contributed by atoms with van der Waals surface area (Å²) in [5.41, 5.74) is 2.85. The minimum Gasteiger partial charge on any atom is -0.457 e. The molecule has 0 bridgehead atoms. The van der Waals surface area contributed by atoms with Gasteiger partial charge in [-0.05, 0) is 56.2 Å². The van der Waals surface area contributed by atoms with Crippen LogP contribution in [0, 0.1) is 19.7 Å². The van der Waals surface area contributed by atoms with E-state index >= 15 is 0 Å². The van der Waals surface area contributed by atoms with E-state index in [0.29, 0.717) is 16.0 Å². The first-order valence-electron chi connectivity index (χ1n) is 7.38. The van der Waals surface area contributed by atoms with E-state index in [2.05, 4.69) is 27.8 Å². The normalized spacial score (nSPS) is 11.0. The number of halogens is 2. The molecular weight excluding hydrogens is 359 g/mol. The van der Waals surface area contributed by atoms with E-state index in [1.807, 2.05) is 44.3 Å². The average Bonchev–Trinajstić information content (AvgIpc) is 2.47. The van der Waals surface area contributed by atoms with Crippen LogP contribution in [0.5, 0.6) is 11.5 Å². The van der Waals surface area contributed by atoms with Crippen molar-refractivity contribution in [1.29, 1.82) is 0 Å². The van der Waals surface area contributed by atoms with Crippen LogP contribution in [0.15, 0.2) is 39.8 Å². The van der Waals surface area contributed by atoms with E-state index in [0.717, 1.165) is 23.4 Å². The van der Waals surface area contributed by atoms with Crippen molar-refractivity contribution in [2.45, 2.75) is 20.8 Å². The molecule has 0 fully saturated rings. The van der Waals surface area contributed by atoms with E-state index in [9.17, 15) is 4.39 Å². The van der Waals surface area contributed by atoms with Gasteiger partial charge in [0.05, 0.1) is 12.0 Å². The Morgan fingerprint density at radius 2 is 1.91 bits per heavy atom. The standard InChI is InChI=1S/C18H20BrFN2O/c1-5-22(4)11-21-17-6-13(3)18(7-12(17)2)23-16-9-14(19)8-15(20)10-16/h6-11H,5H2,1-4H3. The second-order valence-electron chi connectivity index (χ2n) is 5.43. The molecule has 5 heteroatoms. The summed E-state index contributed by atoms with van der Waals surface area (Å²) in [7, 11) is 1.98. The summed E-state index contributed by atoms with van der Waals surface area (Å²) in [5, 5.41) is 0. The number of aliphatic imine (C=N–C) groups is 1. The summed E-state index contributed by atoms with van der Waals surface area (Å²) in [6.07, 6.45) is 1.81. The Balaban J connectivity index is 2.27. The number of aryl methyl sites for hydroxylation is 2. The summed E-state index contributed by atoms with van der Waals surface area (Å²) in [4.78, 5) is 6.50. The van der Waals surface area contributed by atoms with Crippen LogP contribution in [0.2, 0.25) is 0 Å². The van der Waals surface area contributed by atoms with Gasteiger partial charge in [-0.1, -0.05) is 15.9 Å². The van der Waals surface area contributed by atoms with Crippen LogP contribution >= 0.6 is 15.9 Å². The molecule has 0 amide bonds. The number of ether oxygens (including phenoxy) is 1. The van der Waals surface area contributed by atoms with Crippen LogP contribution in [0.3, 0.4) is 0 Å². The first-order chi connectivity index (χ1) is 10.9. The molecule has 0 aliphatic heterocycles. The molecule has 0 saturated heterocycles. The highest BCUT2D eigenvalue weighted by molar-refractivity contribution is 9.10. The predicted molar refractivity (Wildman–Crippen MR) is 96.5 cm³/mol. The second-order valence-corrected chi connectivity index (χ2v) is 6.34. The van der Waals surface area contributed by atoms with E-state index < -0.39 is 0 Å². The lowest BCUT2D eigenvalue weighted by atomic mass is 10.1. The van der Waals surface area contributed by atoms with Crippen LogP contribution in [0.4, 0.5) is 10.1 Å². The lowest BCUT2D eigenvalue weighted by Gasteiger charge is -2.13. The van der Waals surface area contributed by atoms with Crippen molar-refractivity contribution in [3.8, 4) is 11.5 Å². The van der Waals surface area contributed by atoms with Gasteiger partial charge in [0.2, 0.25) is 0 Å². The van der Waals surface area contributed by atoms with Crippen molar-refractivity contribution < 1.29 is 9.13 Å². The zero-order valence-corrected chi connectivity index (χ0v) is 15.3. The minimum absolute atomic E-state index is 0.340. The molecule has 0 saturated carbocycles. The van der Waals surface area contributed by atoms with Gasteiger partial charge in [0.25, 0.3) is 0 Å². The SMILES string of the molecule is CCN(C)C=Nc1cc(C)c(Oc2cc(F)cc(Br)c2)cc1C. The zero-order valence-electron chi connectivity index (χ0n) is 13.7. The average molecular weight is 379 g/mol. The van der Waals surface area contributed by atoms with Gasteiger partial charge in [-0.3, -0.25) is 0 Å². The van der Waals surface area contributed by atoms with E-state index in [4.69, 9.17) is 4.74 Å². The third-order valence-electron chi connectivity index (χ3n) is 3.45. The summed E-state index contributed by atoms with van der Waals surface area (Å²) in [6, 6.07) is 8.39. The lowest BCUT2D eigenvalue weighted by molar-refractivity contribution is 0.472. The van der Waals surface area contributed by atoms with Crippen molar-refractivity contribution >= 4 is 28.0 Å². The Labute approximate surface area is 144 Å². The molecule has 2 rings (SSSR count). The van der Waals surface area contributed by atoms with Crippen molar-refractivity contribution in [2.75, 3.05) is 13.6 Å². The number of rotatable bonds is 5. The second kappa shape index (κ2) is 7.59. The molecular formula is C18H20BrFN2O. The summed E-state index contributed by atoms with van der Waals surface area (Å²) >= 11 is 3.27. The molecule has 122 valence electrons. The highest BCUT2D eigenvalue weighted by Crippen LogP contribution is 2.32. The van der Waals surface area contributed by atoms with E-state index in [-0.39, 0.29) is 5.82 Å². The highest BCUT2D eigenvalue weighted by atomic mass is 79.9. The molecule has 0 atom stereocenters. The van der Waals surface area contributed by atoms with Gasteiger partial charge in [-0.2, -0.15) is 0 Å². The van der Waals surface area contributed by atoms with Gasteiger partial charge >= 0.3 is 0 Å². The third-order valence-corrected chi connectivity index (χ3v) is 3.91. The molecule has 0 heterocycles. The van der Waals surface area contributed by atoms with Crippen molar-refractivity contribution in [1.82, 2.24) is 4.90 Å². The van der Waals surface area contributed by atoms with Gasteiger partial charge in [-0.15, -0.1) is 0 Å². The van der Waals surface area contributed by atoms with Crippen LogP contribution in [0.1, 0.15) is 18.1 Å². The molecule has 0 N–H and O–H groups in total. The maximum absolute atomic E-state index is 13.5. The van der Waals surface area contributed by atoms with Gasteiger partial charge in [0.1, 0.15) is 17.3 Å². The summed E-state index contributed by atoms with van der Waals surface area (Å²) < 4.78 is 19.9. The zero-order chi connectivity index (χ0) is 17.0. The maximum Gasteiger partial charge on any atom is 0.131 e. The number of nitrogens with zero attached hydrogens (tertiary/aromatic N) is 2. The Kier molecular flexibility index (Phi) is 5.77. The fourth-order valence-electron chi connectivity index (χ4n) is 1.98. The first-order valence-corrected chi connectivity index (χ1v) is 8.18. The molecule has 0 aliphatic carbocycles. The quantitative estimate of drug-likeness (QED) is 0.498. The number of benzene rings is 2. The Hall–Kier alpha value is -1.88. The van der Waals surface area contributed by atoms with E-state index in [1.54, 1.807) is 6.07 Å². The molecule has 23 heavy (non-hydrogen) atoms. The molecule has 3 nitrogen and oxygen atoms in total. The van der Waals surface area contributed by atoms with Gasteiger partial charge in [-0.25, -0.2) is 9.38 Å². The minimum atomic E-state index is -0.340. The third kappa shape index (κ3) is 4.79. The van der Waals surface area contributed by atoms with Crippen molar-refractivity contribution in [3.05, 3.63) is 51.7 Å². The molecule has 2 aromatic rings. The highest BCUT2D eigenvalue weighted by Gasteiger charge is 2.08. The molecule has 2 aromatic carbocycles. The molecule has 0 aromatic heterocycles. The number of hydrogen-bond acceptors (Lipinski definition) is 2. The summed E-state index contributed by atoms with van der Waals surface area (Å²) in [6.45, 7) is 6.90. The largest absolute Gasteiger partial charge is 0.457 e. The fourth-order valence-corrected chi connectivity index (χ4v) is 2.42. The van der Waals surface area contributed by atoms with Crippen LogP contribution in [-0.4, -0.2) is 24.8 Å². The topological polar surface area (TPSA) is 24.8 Å². The molecule has 0 radical (unpaired) electrons. The van der Waals surface area contributed by atoms with Crippen LogP contribution in [-0.2, 0) is 0 Å². The maximum atomic E-state index is 13.5. The molecule has 0 spiro atoms. The monoisotopic (exact) mass is 378 g/mol. The van der Waals surface area contributed by atoms with Gasteiger partial charge in [0, 0.05) is 24.1 Å². The van der Waals surface area contributed by atoms with Crippen molar-refractivity contribution in [3.63, 3.8) is 0 Å². The fraction of sp³-hybridized carbons (Fsp3) is 0.278. The Bertz CT molecular complexity index is 711. The summed E-state index contributed by atoms with van der Waals surface area (Å²) in [5.74, 6) is 0.816. The predicted octanol–water partition coefficient (Wildman–Crippen LogP) is 5.61.